The number of quaternary nitrogens is 1. The average Bonchev–Trinajstić information content (AvgIpc) is 2.28. The smallest absolute Gasteiger partial charge is 0.295 e. The maximum Gasteiger partial charge on any atom is 0.295 e. The Hall–Kier alpha value is -2.21. The molecule has 0 aromatic heterocycles. The molecule has 0 aliphatic carbocycles. The van der Waals surface area contributed by atoms with Gasteiger partial charge in [-0.05, 0) is 17.7 Å². The van der Waals surface area contributed by atoms with Crippen molar-refractivity contribution in [3.05, 3.63) is 29.8 Å². The summed E-state index contributed by atoms with van der Waals surface area (Å²) in [5, 5.41) is 6.57. The first-order chi connectivity index (χ1) is 9.26. The van der Waals surface area contributed by atoms with Gasteiger partial charge in [0.25, 0.3) is 5.91 Å². The number of hydrogen-bond donors (Lipinski definition) is 2. The van der Waals surface area contributed by atoms with E-state index in [1.807, 2.05) is 21.1 Å². The number of carbonyl (C=O) groups is 2. The Labute approximate surface area is 119 Å². The molecule has 0 unspecified atom stereocenters. The molecule has 6 nitrogen and oxygen atoms in total. The van der Waals surface area contributed by atoms with Crippen LogP contribution in [0.15, 0.2) is 29.4 Å². The molecule has 0 saturated heterocycles. The molecule has 0 fully saturated rings. The Morgan fingerprint density at radius 1 is 1.20 bits per heavy atom. The van der Waals surface area contributed by atoms with Gasteiger partial charge >= 0.3 is 0 Å². The molecule has 0 heterocycles. The quantitative estimate of drug-likeness (QED) is 0.475. The maximum absolute atomic E-state index is 11.5. The Morgan fingerprint density at radius 2 is 1.80 bits per heavy atom. The number of nitrogens with zero attached hydrogens (tertiary/aromatic N) is 2. The topological polar surface area (TPSA) is 70.6 Å². The van der Waals surface area contributed by atoms with Crippen molar-refractivity contribution in [2.24, 2.45) is 5.10 Å². The van der Waals surface area contributed by atoms with Crippen LogP contribution in [0.4, 0.5) is 5.69 Å². The Kier molecular flexibility index (Phi) is 5.40. The van der Waals surface area contributed by atoms with Gasteiger partial charge in [0.2, 0.25) is 5.91 Å². The van der Waals surface area contributed by atoms with E-state index in [4.69, 9.17) is 0 Å². The molecular weight excluding hydrogens is 256 g/mol. The number of benzene rings is 1. The molecular formula is C14H21N4O2+. The Bertz CT molecular complexity index is 501. The van der Waals surface area contributed by atoms with Crippen LogP contribution < -0.4 is 10.7 Å². The van der Waals surface area contributed by atoms with E-state index < -0.39 is 0 Å². The lowest BCUT2D eigenvalue weighted by molar-refractivity contribution is -0.862. The van der Waals surface area contributed by atoms with Crippen molar-refractivity contribution < 1.29 is 14.1 Å². The fraction of sp³-hybridized carbons (Fsp3) is 0.357. The van der Waals surface area contributed by atoms with Gasteiger partial charge in [0, 0.05) is 12.6 Å². The van der Waals surface area contributed by atoms with Crippen molar-refractivity contribution in [3.8, 4) is 0 Å². The first-order valence-electron chi connectivity index (χ1n) is 6.26. The van der Waals surface area contributed by atoms with Gasteiger partial charge in [-0.2, -0.15) is 5.10 Å². The molecule has 1 aromatic carbocycles. The summed E-state index contributed by atoms with van der Waals surface area (Å²) in [6.45, 7) is 1.82. The first kappa shape index (κ1) is 15.8. The maximum atomic E-state index is 11.5. The highest BCUT2D eigenvalue weighted by Gasteiger charge is 2.12. The largest absolute Gasteiger partial charge is 0.326 e. The zero-order valence-corrected chi connectivity index (χ0v) is 12.3. The minimum absolute atomic E-state index is 0.112. The minimum Gasteiger partial charge on any atom is -0.326 e. The molecule has 0 aliphatic rings. The van der Waals surface area contributed by atoms with Crippen LogP contribution in [-0.2, 0) is 9.59 Å². The zero-order valence-electron chi connectivity index (χ0n) is 12.3. The number of hydrogen-bond acceptors (Lipinski definition) is 3. The van der Waals surface area contributed by atoms with Gasteiger partial charge in [0.15, 0.2) is 6.54 Å². The summed E-state index contributed by atoms with van der Waals surface area (Å²) >= 11 is 0. The fourth-order valence-electron chi connectivity index (χ4n) is 1.50. The van der Waals surface area contributed by atoms with Crippen LogP contribution in [0.25, 0.3) is 0 Å². The van der Waals surface area contributed by atoms with Crippen LogP contribution in [-0.4, -0.2) is 50.2 Å². The molecule has 2 amide bonds. The second-order valence-corrected chi connectivity index (χ2v) is 5.54. The molecule has 0 aliphatic heterocycles. The van der Waals surface area contributed by atoms with Crippen LogP contribution in [0, 0.1) is 0 Å². The molecule has 1 rings (SSSR count). The highest BCUT2D eigenvalue weighted by atomic mass is 16.2. The van der Waals surface area contributed by atoms with E-state index in [0.29, 0.717) is 11.0 Å². The standard InChI is InChI=1S/C14H20N4O2/c1-11(19)16-13-7-5-12(6-8-13)9-15-17-14(20)10-18(2,3)4/h5-9H,10H2,1-4H3,(H-,15,16,17,19,20)/p+1. The van der Waals surface area contributed by atoms with E-state index in [9.17, 15) is 9.59 Å². The predicted molar refractivity (Wildman–Crippen MR) is 79.4 cm³/mol. The summed E-state index contributed by atoms with van der Waals surface area (Å²) in [5.74, 6) is -0.248. The molecule has 0 spiro atoms. The summed E-state index contributed by atoms with van der Waals surface area (Å²) < 4.78 is 0.548. The third kappa shape index (κ3) is 6.65. The van der Waals surface area contributed by atoms with Gasteiger partial charge in [0.1, 0.15) is 0 Å². The van der Waals surface area contributed by atoms with Crippen LogP contribution >= 0.6 is 0 Å². The lowest BCUT2D eigenvalue weighted by Gasteiger charge is -2.21. The number of carbonyl (C=O) groups excluding carboxylic acids is 2. The lowest BCUT2D eigenvalue weighted by Crippen LogP contribution is -2.43. The van der Waals surface area contributed by atoms with E-state index in [0.717, 1.165) is 11.3 Å². The fourth-order valence-corrected chi connectivity index (χ4v) is 1.50. The molecule has 0 atom stereocenters. The second kappa shape index (κ2) is 6.81. The third-order valence-corrected chi connectivity index (χ3v) is 2.25. The third-order valence-electron chi connectivity index (χ3n) is 2.25. The predicted octanol–water partition coefficient (Wildman–Crippen LogP) is 0.801. The summed E-state index contributed by atoms with van der Waals surface area (Å²) in [4.78, 5) is 22.4. The highest BCUT2D eigenvalue weighted by Crippen LogP contribution is 2.07. The molecule has 0 saturated carbocycles. The minimum atomic E-state index is -0.136. The number of nitrogens with one attached hydrogen (secondary N) is 2. The number of likely N-dealkylation sites (N-methyl/N-ethyl adjacent to an activating group) is 1. The van der Waals surface area contributed by atoms with Crippen molar-refractivity contribution in [1.29, 1.82) is 0 Å². The Balaban J connectivity index is 2.50. The van der Waals surface area contributed by atoms with Crippen molar-refractivity contribution in [2.45, 2.75) is 6.92 Å². The van der Waals surface area contributed by atoms with Crippen molar-refractivity contribution in [3.63, 3.8) is 0 Å². The number of rotatable bonds is 5. The highest BCUT2D eigenvalue weighted by molar-refractivity contribution is 5.89. The Morgan fingerprint density at radius 3 is 2.30 bits per heavy atom. The molecule has 0 bridgehead atoms. The van der Waals surface area contributed by atoms with E-state index in [-0.39, 0.29) is 11.8 Å². The van der Waals surface area contributed by atoms with Gasteiger partial charge < -0.3 is 9.80 Å². The molecule has 108 valence electrons. The molecule has 20 heavy (non-hydrogen) atoms. The van der Waals surface area contributed by atoms with Crippen molar-refractivity contribution >= 4 is 23.7 Å². The van der Waals surface area contributed by atoms with Gasteiger partial charge in [-0.3, -0.25) is 9.59 Å². The van der Waals surface area contributed by atoms with Gasteiger partial charge in [-0.25, -0.2) is 5.43 Å². The van der Waals surface area contributed by atoms with Crippen LogP contribution in [0.3, 0.4) is 0 Å². The number of hydrazone groups is 1. The zero-order chi connectivity index (χ0) is 15.2. The number of anilines is 1. The summed E-state index contributed by atoms with van der Waals surface area (Å²) in [5.41, 5.74) is 4.04. The van der Waals surface area contributed by atoms with Gasteiger partial charge in [-0.15, -0.1) is 0 Å². The van der Waals surface area contributed by atoms with Gasteiger partial charge in [0.05, 0.1) is 27.4 Å². The first-order valence-corrected chi connectivity index (χ1v) is 6.26. The SMILES string of the molecule is CC(=O)Nc1ccc(/C=N\NC(=O)C[N+](C)(C)C)cc1. The summed E-state index contributed by atoms with van der Waals surface area (Å²) in [7, 11) is 5.80. The van der Waals surface area contributed by atoms with E-state index in [1.54, 1.807) is 30.5 Å². The van der Waals surface area contributed by atoms with Crippen LogP contribution in [0.2, 0.25) is 0 Å². The molecule has 6 heteroatoms. The van der Waals surface area contributed by atoms with Crippen LogP contribution in [0.5, 0.6) is 0 Å². The van der Waals surface area contributed by atoms with E-state index >= 15 is 0 Å². The van der Waals surface area contributed by atoms with E-state index in [2.05, 4.69) is 15.8 Å². The lowest BCUT2D eigenvalue weighted by atomic mass is 10.2. The molecule has 0 radical (unpaired) electrons. The second-order valence-electron chi connectivity index (χ2n) is 5.54. The van der Waals surface area contributed by atoms with Crippen molar-refractivity contribution in [1.82, 2.24) is 5.43 Å². The summed E-state index contributed by atoms with van der Waals surface area (Å²) in [6, 6.07) is 7.16. The van der Waals surface area contributed by atoms with E-state index in [1.165, 1.54) is 6.92 Å². The molecule has 1 aromatic rings. The number of amides is 2. The average molecular weight is 277 g/mol. The summed E-state index contributed by atoms with van der Waals surface area (Å²) in [6.07, 6.45) is 1.56. The normalized spacial score (nSPS) is 11.4. The van der Waals surface area contributed by atoms with Crippen molar-refractivity contribution in [2.75, 3.05) is 33.0 Å². The van der Waals surface area contributed by atoms with Gasteiger partial charge in [-0.1, -0.05) is 12.1 Å². The molecule has 2 N–H and O–H groups in total. The van der Waals surface area contributed by atoms with Crippen LogP contribution in [0.1, 0.15) is 12.5 Å². The monoisotopic (exact) mass is 277 g/mol.